The molecule has 0 atom stereocenters. The second-order valence-corrected chi connectivity index (χ2v) is 6.77. The zero-order valence-electron chi connectivity index (χ0n) is 13.4. The number of nitrogens with zero attached hydrogens (tertiary/aromatic N) is 2. The quantitative estimate of drug-likeness (QED) is 0.499. The maximum absolute atomic E-state index is 12.9. The van der Waals surface area contributed by atoms with E-state index in [0.717, 1.165) is 26.7 Å². The van der Waals surface area contributed by atoms with Gasteiger partial charge in [0.2, 0.25) is 0 Å². The third-order valence-corrected chi connectivity index (χ3v) is 4.63. The van der Waals surface area contributed by atoms with E-state index in [1.165, 1.54) is 0 Å². The second kappa shape index (κ2) is 6.65. The van der Waals surface area contributed by atoms with E-state index in [-0.39, 0.29) is 5.56 Å². The molecule has 0 aliphatic rings. The first-order valence-electron chi connectivity index (χ1n) is 8.02. The normalized spacial score (nSPS) is 10.9. The number of hydrogen-bond acceptors (Lipinski definition) is 2. The maximum atomic E-state index is 12.9. The van der Waals surface area contributed by atoms with Gasteiger partial charge in [-0.05, 0) is 23.8 Å². The largest absolute Gasteiger partial charge is 0.274 e. The van der Waals surface area contributed by atoms with Crippen molar-refractivity contribution >= 4 is 26.7 Å². The SMILES string of the molecule is O=c1c2ccccc2c(-c2ccccc2)nn1Cc1cccc(Br)c1. The van der Waals surface area contributed by atoms with Crippen LogP contribution in [0.4, 0.5) is 0 Å². The van der Waals surface area contributed by atoms with E-state index in [2.05, 4.69) is 21.0 Å². The van der Waals surface area contributed by atoms with Crippen LogP contribution >= 0.6 is 15.9 Å². The lowest BCUT2D eigenvalue weighted by Crippen LogP contribution is -2.24. The van der Waals surface area contributed by atoms with E-state index < -0.39 is 0 Å². The Bertz CT molecular complexity index is 1100. The molecule has 25 heavy (non-hydrogen) atoms. The Kier molecular flexibility index (Phi) is 4.20. The molecule has 0 fully saturated rings. The van der Waals surface area contributed by atoms with Gasteiger partial charge in [-0.2, -0.15) is 5.10 Å². The predicted molar refractivity (Wildman–Crippen MR) is 105 cm³/mol. The highest BCUT2D eigenvalue weighted by Crippen LogP contribution is 2.24. The molecule has 0 unspecified atom stereocenters. The Balaban J connectivity index is 1.93. The zero-order valence-corrected chi connectivity index (χ0v) is 15.0. The third kappa shape index (κ3) is 3.13. The van der Waals surface area contributed by atoms with Crippen molar-refractivity contribution in [3.8, 4) is 11.3 Å². The fraction of sp³-hybridized carbons (Fsp3) is 0.0476. The van der Waals surface area contributed by atoms with Crippen LogP contribution in [0.5, 0.6) is 0 Å². The molecule has 3 nitrogen and oxygen atoms in total. The van der Waals surface area contributed by atoms with Crippen molar-refractivity contribution in [1.29, 1.82) is 0 Å². The van der Waals surface area contributed by atoms with Crippen molar-refractivity contribution < 1.29 is 0 Å². The average molecular weight is 391 g/mol. The molecule has 0 saturated carbocycles. The van der Waals surface area contributed by atoms with Crippen LogP contribution in [0.2, 0.25) is 0 Å². The number of fused-ring (bicyclic) bond motifs is 1. The monoisotopic (exact) mass is 390 g/mol. The first-order valence-corrected chi connectivity index (χ1v) is 8.81. The summed E-state index contributed by atoms with van der Waals surface area (Å²) in [5, 5.41) is 6.25. The summed E-state index contributed by atoms with van der Waals surface area (Å²) in [7, 11) is 0. The average Bonchev–Trinajstić information content (AvgIpc) is 2.65. The molecule has 1 aromatic heterocycles. The van der Waals surface area contributed by atoms with Gasteiger partial charge in [-0.1, -0.05) is 76.6 Å². The molecule has 0 aliphatic heterocycles. The molecule has 0 spiro atoms. The van der Waals surface area contributed by atoms with Crippen LogP contribution in [-0.4, -0.2) is 9.78 Å². The summed E-state index contributed by atoms with van der Waals surface area (Å²) in [6, 6.07) is 25.6. The summed E-state index contributed by atoms with van der Waals surface area (Å²) >= 11 is 3.48. The third-order valence-electron chi connectivity index (χ3n) is 4.14. The molecular formula is C21H15BrN2O. The molecule has 4 rings (SSSR count). The summed E-state index contributed by atoms with van der Waals surface area (Å²) < 4.78 is 2.54. The Morgan fingerprint density at radius 3 is 2.32 bits per heavy atom. The molecule has 4 heteroatoms. The van der Waals surface area contributed by atoms with Gasteiger partial charge in [-0.15, -0.1) is 0 Å². The zero-order chi connectivity index (χ0) is 17.2. The standard InChI is InChI=1S/C21H15BrN2O/c22-17-10-6-7-15(13-17)14-24-21(25)19-12-5-4-11-18(19)20(23-24)16-8-2-1-3-9-16/h1-13H,14H2. The van der Waals surface area contributed by atoms with Gasteiger partial charge in [0.25, 0.3) is 5.56 Å². The molecule has 3 aromatic carbocycles. The van der Waals surface area contributed by atoms with E-state index in [0.29, 0.717) is 11.9 Å². The van der Waals surface area contributed by atoms with E-state index >= 15 is 0 Å². The lowest BCUT2D eigenvalue weighted by atomic mass is 10.1. The van der Waals surface area contributed by atoms with Crippen LogP contribution in [0.1, 0.15) is 5.56 Å². The van der Waals surface area contributed by atoms with Gasteiger partial charge < -0.3 is 0 Å². The highest BCUT2D eigenvalue weighted by molar-refractivity contribution is 9.10. The fourth-order valence-corrected chi connectivity index (χ4v) is 3.41. The van der Waals surface area contributed by atoms with Gasteiger partial charge in [0, 0.05) is 15.4 Å². The number of rotatable bonds is 3. The molecule has 0 radical (unpaired) electrons. The lowest BCUT2D eigenvalue weighted by molar-refractivity contribution is 0.651. The fourth-order valence-electron chi connectivity index (χ4n) is 2.96. The molecule has 0 N–H and O–H groups in total. The van der Waals surface area contributed by atoms with Crippen molar-refractivity contribution in [2.75, 3.05) is 0 Å². The predicted octanol–water partition coefficient (Wildman–Crippen LogP) is 4.87. The Labute approximate surface area is 153 Å². The van der Waals surface area contributed by atoms with Crippen LogP contribution in [0.25, 0.3) is 22.0 Å². The van der Waals surface area contributed by atoms with Gasteiger partial charge in [-0.25, -0.2) is 4.68 Å². The molecule has 0 amide bonds. The summed E-state index contributed by atoms with van der Waals surface area (Å²) in [6.07, 6.45) is 0. The highest BCUT2D eigenvalue weighted by Gasteiger charge is 2.12. The summed E-state index contributed by atoms with van der Waals surface area (Å²) in [5.41, 5.74) is 2.78. The van der Waals surface area contributed by atoms with Crippen molar-refractivity contribution in [2.45, 2.75) is 6.54 Å². The van der Waals surface area contributed by atoms with Crippen molar-refractivity contribution in [1.82, 2.24) is 9.78 Å². The highest BCUT2D eigenvalue weighted by atomic mass is 79.9. The van der Waals surface area contributed by atoms with Crippen molar-refractivity contribution in [2.24, 2.45) is 0 Å². The lowest BCUT2D eigenvalue weighted by Gasteiger charge is -2.11. The molecule has 122 valence electrons. The van der Waals surface area contributed by atoms with E-state index in [9.17, 15) is 4.79 Å². The molecule has 0 saturated heterocycles. The Hall–Kier alpha value is -2.72. The van der Waals surface area contributed by atoms with Gasteiger partial charge in [-0.3, -0.25) is 4.79 Å². The van der Waals surface area contributed by atoms with Crippen LogP contribution in [0.15, 0.2) is 88.1 Å². The van der Waals surface area contributed by atoms with Crippen LogP contribution in [0.3, 0.4) is 0 Å². The van der Waals surface area contributed by atoms with E-state index in [1.54, 1.807) is 4.68 Å². The van der Waals surface area contributed by atoms with E-state index in [4.69, 9.17) is 0 Å². The summed E-state index contributed by atoms with van der Waals surface area (Å²) in [4.78, 5) is 12.9. The van der Waals surface area contributed by atoms with Crippen LogP contribution < -0.4 is 5.56 Å². The first kappa shape index (κ1) is 15.8. The molecule has 4 aromatic rings. The number of halogens is 1. The minimum atomic E-state index is -0.0738. The minimum Gasteiger partial charge on any atom is -0.267 e. The number of aromatic nitrogens is 2. The van der Waals surface area contributed by atoms with Gasteiger partial charge in [0.1, 0.15) is 0 Å². The molecule has 0 bridgehead atoms. The van der Waals surface area contributed by atoms with E-state index in [1.807, 2.05) is 78.9 Å². The number of benzene rings is 3. The summed E-state index contributed by atoms with van der Waals surface area (Å²) in [5.74, 6) is 0. The Morgan fingerprint density at radius 1 is 0.840 bits per heavy atom. The van der Waals surface area contributed by atoms with Gasteiger partial charge >= 0.3 is 0 Å². The first-order chi connectivity index (χ1) is 12.2. The van der Waals surface area contributed by atoms with Crippen molar-refractivity contribution in [3.05, 3.63) is 99.3 Å². The molecule has 1 heterocycles. The van der Waals surface area contributed by atoms with Crippen LogP contribution in [-0.2, 0) is 6.54 Å². The van der Waals surface area contributed by atoms with Crippen molar-refractivity contribution in [3.63, 3.8) is 0 Å². The molecular weight excluding hydrogens is 376 g/mol. The maximum Gasteiger partial charge on any atom is 0.274 e. The van der Waals surface area contributed by atoms with Crippen LogP contribution in [0, 0.1) is 0 Å². The Morgan fingerprint density at radius 2 is 1.56 bits per heavy atom. The van der Waals surface area contributed by atoms with Gasteiger partial charge in [0.15, 0.2) is 0 Å². The smallest absolute Gasteiger partial charge is 0.267 e. The topological polar surface area (TPSA) is 34.9 Å². The molecule has 0 aliphatic carbocycles. The second-order valence-electron chi connectivity index (χ2n) is 5.85. The number of hydrogen-bond donors (Lipinski definition) is 0. The van der Waals surface area contributed by atoms with Gasteiger partial charge in [0.05, 0.1) is 17.6 Å². The summed E-state index contributed by atoms with van der Waals surface area (Å²) in [6.45, 7) is 0.433. The minimum absolute atomic E-state index is 0.0738.